The van der Waals surface area contributed by atoms with Crippen LogP contribution in [0.25, 0.3) is 0 Å². The van der Waals surface area contributed by atoms with Gasteiger partial charge in [-0.1, -0.05) is 0 Å². The van der Waals surface area contributed by atoms with Crippen molar-refractivity contribution in [1.82, 2.24) is 20.1 Å². The molecule has 2 aliphatic heterocycles. The van der Waals surface area contributed by atoms with Gasteiger partial charge in [-0.2, -0.15) is 0 Å². The maximum Gasteiger partial charge on any atom is 0.134 e. The number of nitrogens with zero attached hydrogens (tertiary/aromatic N) is 3. The third-order valence-corrected chi connectivity index (χ3v) is 4.50. The molecule has 5 nitrogen and oxygen atoms in total. The Kier molecular flexibility index (Phi) is 3.37. The first-order valence-electron chi connectivity index (χ1n) is 7.72. The van der Waals surface area contributed by atoms with Crippen LogP contribution in [0.5, 0.6) is 0 Å². The van der Waals surface area contributed by atoms with E-state index in [9.17, 15) is 0 Å². The third-order valence-electron chi connectivity index (χ3n) is 4.50. The quantitative estimate of drug-likeness (QED) is 0.911. The van der Waals surface area contributed by atoms with Crippen molar-refractivity contribution in [3.8, 4) is 0 Å². The van der Waals surface area contributed by atoms with Gasteiger partial charge < -0.3 is 14.6 Å². The topological polar surface area (TPSA) is 52.0 Å². The fourth-order valence-electron chi connectivity index (χ4n) is 3.63. The number of ether oxygens (including phenoxy) is 1. The SMILES string of the molecule is CC1(C)C[C@H](NCCc2nnc3n2CCC3)C(C)(C)O1. The Morgan fingerprint density at radius 2 is 2.10 bits per heavy atom. The van der Waals surface area contributed by atoms with Gasteiger partial charge in [0.15, 0.2) is 0 Å². The standard InChI is InChI=1S/C15H26N4O/c1-14(2)10-11(15(3,4)20-14)16-8-7-13-18-17-12-6-5-9-19(12)13/h11,16H,5-10H2,1-4H3/t11-/m0/s1. The molecule has 0 unspecified atom stereocenters. The van der Waals surface area contributed by atoms with E-state index in [4.69, 9.17) is 4.74 Å². The van der Waals surface area contributed by atoms with Crippen molar-refractivity contribution in [2.45, 2.75) is 77.2 Å². The van der Waals surface area contributed by atoms with Gasteiger partial charge in [-0.25, -0.2) is 0 Å². The Morgan fingerprint density at radius 3 is 2.80 bits per heavy atom. The number of aryl methyl sites for hydroxylation is 1. The molecule has 1 aromatic heterocycles. The smallest absolute Gasteiger partial charge is 0.134 e. The predicted molar refractivity (Wildman–Crippen MR) is 77.7 cm³/mol. The summed E-state index contributed by atoms with van der Waals surface area (Å²) in [6.07, 6.45) is 4.29. The molecule has 1 N–H and O–H groups in total. The fourth-order valence-corrected chi connectivity index (χ4v) is 3.63. The van der Waals surface area contributed by atoms with Gasteiger partial charge >= 0.3 is 0 Å². The van der Waals surface area contributed by atoms with Gasteiger partial charge in [0.25, 0.3) is 0 Å². The molecular formula is C15H26N4O. The van der Waals surface area contributed by atoms with Crippen LogP contribution in [-0.4, -0.2) is 38.6 Å². The molecule has 0 amide bonds. The summed E-state index contributed by atoms with van der Waals surface area (Å²) in [5.74, 6) is 2.28. The Morgan fingerprint density at radius 1 is 1.30 bits per heavy atom. The van der Waals surface area contributed by atoms with Gasteiger partial charge in [-0.15, -0.1) is 10.2 Å². The molecule has 0 saturated carbocycles. The highest BCUT2D eigenvalue weighted by Crippen LogP contribution is 2.37. The molecule has 0 bridgehead atoms. The second kappa shape index (κ2) is 4.81. The lowest BCUT2D eigenvalue weighted by molar-refractivity contribution is -0.0697. The number of nitrogens with one attached hydrogen (secondary N) is 1. The van der Waals surface area contributed by atoms with Crippen LogP contribution in [0.15, 0.2) is 0 Å². The fraction of sp³-hybridized carbons (Fsp3) is 0.867. The molecule has 5 heteroatoms. The van der Waals surface area contributed by atoms with E-state index in [1.165, 1.54) is 6.42 Å². The molecule has 1 atom stereocenters. The van der Waals surface area contributed by atoms with Crippen molar-refractivity contribution in [3.05, 3.63) is 11.6 Å². The zero-order valence-electron chi connectivity index (χ0n) is 13.1. The summed E-state index contributed by atoms with van der Waals surface area (Å²) in [4.78, 5) is 0. The number of hydrogen-bond donors (Lipinski definition) is 1. The summed E-state index contributed by atoms with van der Waals surface area (Å²) in [6, 6.07) is 0.401. The van der Waals surface area contributed by atoms with Crippen LogP contribution < -0.4 is 5.32 Å². The van der Waals surface area contributed by atoms with Crippen molar-refractivity contribution < 1.29 is 4.74 Å². The summed E-state index contributed by atoms with van der Waals surface area (Å²) in [6.45, 7) is 10.7. The van der Waals surface area contributed by atoms with Crippen molar-refractivity contribution in [3.63, 3.8) is 0 Å². The summed E-state index contributed by atoms with van der Waals surface area (Å²) >= 11 is 0. The zero-order valence-corrected chi connectivity index (χ0v) is 13.1. The maximum atomic E-state index is 6.11. The van der Waals surface area contributed by atoms with Crippen LogP contribution in [0.2, 0.25) is 0 Å². The van der Waals surface area contributed by atoms with Gasteiger partial charge in [0.2, 0.25) is 0 Å². The van der Waals surface area contributed by atoms with E-state index in [1.54, 1.807) is 0 Å². The van der Waals surface area contributed by atoms with Gasteiger partial charge in [0.1, 0.15) is 11.6 Å². The van der Waals surface area contributed by atoms with E-state index in [-0.39, 0.29) is 11.2 Å². The van der Waals surface area contributed by atoms with E-state index in [0.29, 0.717) is 6.04 Å². The Labute approximate surface area is 121 Å². The number of rotatable bonds is 4. The highest BCUT2D eigenvalue weighted by Gasteiger charge is 2.45. The summed E-state index contributed by atoms with van der Waals surface area (Å²) in [5, 5.41) is 12.2. The molecule has 1 saturated heterocycles. The average Bonchev–Trinajstić information content (AvgIpc) is 2.94. The van der Waals surface area contributed by atoms with E-state index in [2.05, 4.69) is 47.8 Å². The molecular weight excluding hydrogens is 252 g/mol. The van der Waals surface area contributed by atoms with Crippen LogP contribution in [0.4, 0.5) is 0 Å². The summed E-state index contributed by atoms with van der Waals surface area (Å²) in [7, 11) is 0. The predicted octanol–water partition coefficient (Wildman–Crippen LogP) is 1.70. The summed E-state index contributed by atoms with van der Waals surface area (Å²) < 4.78 is 8.39. The van der Waals surface area contributed by atoms with Crippen molar-refractivity contribution in [1.29, 1.82) is 0 Å². The molecule has 0 spiro atoms. The van der Waals surface area contributed by atoms with Crippen LogP contribution in [0.3, 0.4) is 0 Å². The first-order valence-corrected chi connectivity index (χ1v) is 7.72. The van der Waals surface area contributed by atoms with Gasteiger partial charge in [0, 0.05) is 32.0 Å². The van der Waals surface area contributed by atoms with Crippen molar-refractivity contribution in [2.24, 2.45) is 0 Å². The molecule has 112 valence electrons. The Bertz CT molecular complexity index is 492. The molecule has 1 fully saturated rings. The molecule has 0 radical (unpaired) electrons. The first-order chi connectivity index (χ1) is 9.37. The second-order valence-electron chi connectivity index (χ2n) is 7.21. The second-order valence-corrected chi connectivity index (χ2v) is 7.21. The lowest BCUT2D eigenvalue weighted by atomic mass is 9.94. The molecule has 20 heavy (non-hydrogen) atoms. The normalized spacial score (nSPS) is 26.9. The van der Waals surface area contributed by atoms with E-state index in [1.807, 2.05) is 0 Å². The van der Waals surface area contributed by atoms with E-state index >= 15 is 0 Å². The largest absolute Gasteiger partial charge is 0.368 e. The average molecular weight is 278 g/mol. The molecule has 1 aromatic rings. The molecule has 2 aliphatic rings. The van der Waals surface area contributed by atoms with Crippen LogP contribution in [0, 0.1) is 0 Å². The minimum absolute atomic E-state index is 0.0305. The first kappa shape index (κ1) is 14.0. The Balaban J connectivity index is 1.55. The van der Waals surface area contributed by atoms with Crippen LogP contribution in [0.1, 0.15) is 52.2 Å². The monoisotopic (exact) mass is 278 g/mol. The summed E-state index contributed by atoms with van der Waals surface area (Å²) in [5.41, 5.74) is -0.131. The van der Waals surface area contributed by atoms with Gasteiger partial charge in [-0.05, 0) is 40.5 Å². The van der Waals surface area contributed by atoms with Crippen molar-refractivity contribution in [2.75, 3.05) is 6.54 Å². The highest BCUT2D eigenvalue weighted by atomic mass is 16.5. The van der Waals surface area contributed by atoms with Gasteiger partial charge in [-0.3, -0.25) is 0 Å². The minimum Gasteiger partial charge on any atom is -0.368 e. The number of hydrogen-bond acceptors (Lipinski definition) is 4. The van der Waals surface area contributed by atoms with Crippen molar-refractivity contribution >= 4 is 0 Å². The Hall–Kier alpha value is -0.940. The maximum absolute atomic E-state index is 6.11. The lowest BCUT2D eigenvalue weighted by Gasteiger charge is -2.27. The van der Waals surface area contributed by atoms with Crippen LogP contribution >= 0.6 is 0 Å². The molecule has 3 heterocycles. The molecule has 0 aliphatic carbocycles. The zero-order chi connectivity index (χ0) is 14.4. The van der Waals surface area contributed by atoms with Gasteiger partial charge in [0.05, 0.1) is 11.2 Å². The lowest BCUT2D eigenvalue weighted by Crippen LogP contribution is -2.44. The highest BCUT2D eigenvalue weighted by molar-refractivity contribution is 5.02. The number of aromatic nitrogens is 3. The van der Waals surface area contributed by atoms with E-state index in [0.717, 1.165) is 44.0 Å². The van der Waals surface area contributed by atoms with Crippen LogP contribution in [-0.2, 0) is 24.1 Å². The number of fused-ring (bicyclic) bond motifs is 1. The molecule has 0 aromatic carbocycles. The third kappa shape index (κ3) is 2.61. The van der Waals surface area contributed by atoms with E-state index < -0.39 is 0 Å². The molecule has 3 rings (SSSR count). The minimum atomic E-state index is -0.101.